The Balaban J connectivity index is 0.000000114. The van der Waals surface area contributed by atoms with Crippen molar-refractivity contribution in [2.75, 3.05) is 7.11 Å². The highest BCUT2D eigenvalue weighted by Crippen LogP contribution is 2.35. The fourth-order valence-electron chi connectivity index (χ4n) is 14.4. The molecule has 26 nitrogen and oxygen atoms in total. The highest BCUT2D eigenvalue weighted by Gasteiger charge is 2.24. The number of carbonyl (C=O) groups is 3. The first-order valence-electron chi connectivity index (χ1n) is 40.1. The second-order valence-corrected chi connectivity index (χ2v) is 29.0. The zero-order valence-electron chi connectivity index (χ0n) is 68.8. The minimum atomic E-state index is -0.996. The molecule has 21 aromatic rings. The van der Waals surface area contributed by atoms with E-state index in [4.69, 9.17) is 31.7 Å². The average Bonchev–Trinajstić information content (AvgIpc) is 1.61. The predicted octanol–water partition coefficient (Wildman–Crippen LogP) is 19.5. The number of aryl methyl sites for hydroxylation is 2. The van der Waals surface area contributed by atoms with Crippen molar-refractivity contribution < 1.29 is 48.1 Å². The first-order chi connectivity index (χ1) is 62.5. The second kappa shape index (κ2) is 38.5. The monoisotopic (exact) mass is 1690 g/mol. The summed E-state index contributed by atoms with van der Waals surface area (Å²) in [7, 11) is 5.00. The number of aromatic carboxylic acids is 2. The number of fused-ring (bicyclic) bond motifs is 6. The number of rotatable bonds is 15. The van der Waals surface area contributed by atoms with E-state index in [1.54, 1.807) is 71.3 Å². The quantitative estimate of drug-likeness (QED) is 0.0321. The van der Waals surface area contributed by atoms with E-state index in [1.165, 1.54) is 56.2 Å². The van der Waals surface area contributed by atoms with Crippen LogP contribution in [0, 0.1) is 18.2 Å². The Morgan fingerprint density at radius 2 is 0.812 bits per heavy atom. The molecule has 0 aliphatic rings. The van der Waals surface area contributed by atoms with Gasteiger partial charge in [-0.3, -0.25) is 24.7 Å². The molecule has 4 N–H and O–H groups in total. The zero-order chi connectivity index (χ0) is 88.6. The van der Waals surface area contributed by atoms with E-state index >= 15 is 0 Å². The van der Waals surface area contributed by atoms with E-state index in [0.717, 1.165) is 116 Å². The molecular formula is C100H76F2N19O7+. The molecule has 12 heterocycles. The van der Waals surface area contributed by atoms with E-state index in [-0.39, 0.29) is 22.8 Å². The lowest BCUT2D eigenvalue weighted by Crippen LogP contribution is -2.29. The van der Waals surface area contributed by atoms with Crippen LogP contribution in [0.5, 0.6) is 0 Å². The van der Waals surface area contributed by atoms with Gasteiger partial charge in [0.1, 0.15) is 45.4 Å². The summed E-state index contributed by atoms with van der Waals surface area (Å²) in [5, 5.41) is 61.3. The number of H-pyrrole nitrogens is 1. The van der Waals surface area contributed by atoms with Gasteiger partial charge in [0.2, 0.25) is 11.9 Å². The smallest absolute Gasteiger partial charge is 0.339 e. The zero-order valence-corrected chi connectivity index (χ0v) is 68.8. The Bertz CT molecular complexity index is 7580. The number of esters is 1. The van der Waals surface area contributed by atoms with Crippen molar-refractivity contribution in [1.82, 2.24) is 84.0 Å². The van der Waals surface area contributed by atoms with E-state index in [1.807, 2.05) is 239 Å². The molecule has 0 amide bonds. The number of methoxy groups -OCH3 is 1. The number of nitrogens with one attached hydrogen (secondary N) is 1. The third-order valence-corrected chi connectivity index (χ3v) is 20.5. The summed E-state index contributed by atoms with van der Waals surface area (Å²) < 4.78 is 41.3. The Morgan fingerprint density at radius 3 is 1.28 bits per heavy atom. The van der Waals surface area contributed by atoms with Crippen LogP contribution in [-0.4, -0.2) is 124 Å². The number of nitrogens with zero attached hydrogens (tertiary/aromatic N) is 18. The number of hydrogen-bond acceptors (Lipinski definition) is 16. The first kappa shape index (κ1) is 83.9. The van der Waals surface area contributed by atoms with Gasteiger partial charge in [-0.1, -0.05) is 237 Å². The van der Waals surface area contributed by atoms with Crippen LogP contribution in [0.1, 0.15) is 47.8 Å². The highest BCUT2D eigenvalue weighted by molar-refractivity contribution is 6.01. The minimum Gasteiger partial charge on any atom is -0.478 e. The molecule has 0 fully saturated rings. The van der Waals surface area contributed by atoms with Crippen LogP contribution in [0.3, 0.4) is 0 Å². The standard InChI is InChI=1S/C21H17N3O2.C20H14N4.C20H15N3O2.C13H11FN3O.C13H10FN3.C13H9N3O2/c1-26-21(25)17-12-18-19(16-10-6-3-7-11-16)23-24(20(18)22-13-17)14-15-8-4-2-5-9-15;1-21-17-12-18-19(16-10-6-3-7-11-16)23-24(20(18)22-13-17)14-15-8-4-2-5-9-15;24-20(25)16-11-17-18(15-9-5-2-6-10-15)22-23(19(17)21-12-16)13-14-7-3-1-4-8-14;1-16-11-6-3-7-17(18)13(11)12(15-16)9-4-2-5-10(14)8-9;1-17-11-6-3-7-15-13(11)12(16-17)9-4-2-5-10(14)8-9;17-13(18)9-6-10-11(8-4-2-1-3-5-8)15-16-12(10)14-7-9/h2-13H,14H2,1H3;2-13H,14H2;1-12H,13H2,(H,24,25);2-8,18H,1H3;2-8H,1H3;1-7H,(H,17,18)(H,14,15,16)/q;;;+1;;. The van der Waals surface area contributed by atoms with E-state index in [2.05, 4.69) is 74.4 Å². The number of halogens is 2. The van der Waals surface area contributed by atoms with Gasteiger partial charge in [-0.05, 0) is 83.4 Å². The van der Waals surface area contributed by atoms with Crippen molar-refractivity contribution in [2.24, 2.45) is 14.1 Å². The number of carboxylic acid groups (broad SMARTS) is 2. The molecule has 0 spiro atoms. The fourth-order valence-corrected chi connectivity index (χ4v) is 14.4. The molecule has 0 aliphatic carbocycles. The first-order valence-corrected chi connectivity index (χ1v) is 40.1. The van der Waals surface area contributed by atoms with Gasteiger partial charge in [-0.2, -0.15) is 30.6 Å². The van der Waals surface area contributed by atoms with E-state index in [0.29, 0.717) is 70.0 Å². The summed E-state index contributed by atoms with van der Waals surface area (Å²) in [6.45, 7) is 9.06. The number of pyridine rings is 6. The molecule has 0 saturated carbocycles. The molecule has 21 rings (SSSR count). The van der Waals surface area contributed by atoms with Gasteiger partial charge in [0.05, 0.1) is 61.2 Å². The van der Waals surface area contributed by atoms with Gasteiger partial charge in [0.15, 0.2) is 28.3 Å². The van der Waals surface area contributed by atoms with E-state index in [9.17, 15) is 33.5 Å². The number of carboxylic acids is 2. The number of aromatic nitrogens is 18. The maximum absolute atomic E-state index is 13.3. The molecular weight excluding hydrogens is 1620 g/mol. The third-order valence-electron chi connectivity index (χ3n) is 20.5. The van der Waals surface area contributed by atoms with Crippen LogP contribution in [-0.2, 0) is 38.5 Å². The third kappa shape index (κ3) is 19.0. The molecule has 626 valence electrons. The Kier molecular flexibility index (Phi) is 25.3. The van der Waals surface area contributed by atoms with Crippen molar-refractivity contribution in [2.45, 2.75) is 19.6 Å². The van der Waals surface area contributed by atoms with Crippen LogP contribution in [0.2, 0.25) is 0 Å². The van der Waals surface area contributed by atoms with Gasteiger partial charge in [0, 0.05) is 111 Å². The molecule has 0 radical (unpaired) electrons. The van der Waals surface area contributed by atoms with E-state index < -0.39 is 17.9 Å². The molecule has 28 heteroatoms. The number of carbonyl (C=O) groups excluding carboxylic acids is 1. The minimum absolute atomic E-state index is 0.154. The van der Waals surface area contributed by atoms with Gasteiger partial charge in [-0.15, -0.1) is 0 Å². The van der Waals surface area contributed by atoms with Gasteiger partial charge < -0.3 is 14.9 Å². The largest absolute Gasteiger partial charge is 0.478 e. The molecule has 0 unspecified atom stereocenters. The van der Waals surface area contributed by atoms with Crippen molar-refractivity contribution in [3.63, 3.8) is 0 Å². The SMILES string of the molecule is COC(=O)c1cnc2c(c1)c(-c1ccccc1)nn2Cc1ccccc1.Cn1nc(-c2cccc(F)c2)c2c1ccc[n+]2O.Cn1nc(-c2cccc(F)c2)c2ncccc21.O=C(O)c1cnc2c(c1)c(-c1ccccc1)nn2Cc1ccccc1.O=C(O)c1cnc2n[nH]c(-c3ccccc3)c2c1.[C-]#[N+]c1cnc2c(c1)c(-c1ccccc1)nn2Cc1ccccc1. The van der Waals surface area contributed by atoms with Crippen LogP contribution in [0.25, 0.3) is 139 Å². The lowest BCUT2D eigenvalue weighted by atomic mass is 10.1. The number of hydrogen-bond donors (Lipinski definition) is 4. The normalized spacial score (nSPS) is 10.8. The lowest BCUT2D eigenvalue weighted by Gasteiger charge is -2.03. The average molecular weight is 1690 g/mol. The van der Waals surface area contributed by atoms with Crippen LogP contribution in [0.4, 0.5) is 14.5 Å². The number of ether oxygens (including phenoxy) is 1. The Labute approximate surface area is 729 Å². The predicted molar refractivity (Wildman–Crippen MR) is 484 cm³/mol. The molecule has 9 aromatic carbocycles. The number of benzene rings is 9. The van der Waals surface area contributed by atoms with Crippen LogP contribution >= 0.6 is 0 Å². The topological polar surface area (TPSA) is 312 Å². The van der Waals surface area contributed by atoms with Gasteiger partial charge >= 0.3 is 23.4 Å². The molecule has 0 saturated heterocycles. The molecule has 0 atom stereocenters. The molecule has 128 heavy (non-hydrogen) atoms. The van der Waals surface area contributed by atoms with Crippen molar-refractivity contribution in [1.29, 1.82) is 0 Å². The summed E-state index contributed by atoms with van der Waals surface area (Å²) in [6, 6.07) is 96.3. The second-order valence-electron chi connectivity index (χ2n) is 29.0. The lowest BCUT2D eigenvalue weighted by molar-refractivity contribution is -0.884. The van der Waals surface area contributed by atoms with Gasteiger partial charge in [0.25, 0.3) is 0 Å². The van der Waals surface area contributed by atoms with Crippen LogP contribution < -0.4 is 4.73 Å². The van der Waals surface area contributed by atoms with Gasteiger partial charge in [-0.25, -0.2) is 62.0 Å². The van der Waals surface area contributed by atoms with Crippen LogP contribution in [0.15, 0.2) is 347 Å². The Hall–Kier alpha value is -17.7. The maximum atomic E-state index is 13.3. The van der Waals surface area contributed by atoms with Crippen molar-refractivity contribution in [3.05, 3.63) is 403 Å². The molecule has 0 bridgehead atoms. The van der Waals surface area contributed by atoms with Crippen molar-refractivity contribution >= 4 is 89.8 Å². The highest BCUT2D eigenvalue weighted by atomic mass is 19.1. The summed E-state index contributed by atoms with van der Waals surface area (Å²) in [6.07, 6.45) is 9.06. The molecule has 0 aliphatic heterocycles. The summed E-state index contributed by atoms with van der Waals surface area (Å²) in [5.41, 5.74) is 20.1. The summed E-state index contributed by atoms with van der Waals surface area (Å²) in [5.74, 6) is -2.99. The molecule has 12 aromatic heterocycles. The Morgan fingerprint density at radius 1 is 0.414 bits per heavy atom. The van der Waals surface area contributed by atoms with Crippen molar-refractivity contribution in [3.8, 4) is 67.5 Å². The number of aromatic amines is 1. The summed E-state index contributed by atoms with van der Waals surface area (Å²) >= 11 is 0. The summed E-state index contributed by atoms with van der Waals surface area (Å²) in [4.78, 5) is 59.3. The maximum Gasteiger partial charge on any atom is 0.339 e. The fraction of sp³-hybridized carbons (Fsp3) is 0.0600.